The van der Waals surface area contributed by atoms with Crippen LogP contribution < -0.4 is 21.9 Å². The molecule has 0 fully saturated rings. The highest BCUT2D eigenvalue weighted by molar-refractivity contribution is 7.99. The maximum Gasteiger partial charge on any atom is 0.291 e. The number of aromatic amines is 1. The van der Waals surface area contributed by atoms with E-state index in [0.717, 1.165) is 17.3 Å². The number of anilines is 3. The van der Waals surface area contributed by atoms with Gasteiger partial charge in [0.25, 0.3) is 11.5 Å². The van der Waals surface area contributed by atoms with Crippen molar-refractivity contribution in [3.8, 4) is 0 Å². The van der Waals surface area contributed by atoms with E-state index in [9.17, 15) is 14.4 Å². The van der Waals surface area contributed by atoms with E-state index in [1.807, 2.05) is 25.1 Å². The summed E-state index contributed by atoms with van der Waals surface area (Å²) in [5.74, 6) is -0.984. The molecule has 9 nitrogen and oxygen atoms in total. The molecule has 3 rings (SSSR count). The van der Waals surface area contributed by atoms with Gasteiger partial charge in [-0.2, -0.15) is 0 Å². The fraction of sp³-hybridized carbons (Fsp3) is 0.111. The second-order valence-corrected chi connectivity index (χ2v) is 6.68. The normalized spacial score (nSPS) is 10.5. The number of hydrogen-bond donors (Lipinski definition) is 4. The SMILES string of the molecule is Cc1ccccc1NC(=O)CSc1nc(N)c(NC(=O)c2ccco2)c(=O)[nH]1. The lowest BCUT2D eigenvalue weighted by atomic mass is 10.2. The molecule has 1 aromatic carbocycles. The number of para-hydroxylation sites is 1. The monoisotopic (exact) mass is 399 g/mol. The highest BCUT2D eigenvalue weighted by Gasteiger charge is 2.16. The predicted octanol–water partition coefficient (Wildman–Crippen LogP) is 2.24. The second-order valence-electron chi connectivity index (χ2n) is 5.71. The van der Waals surface area contributed by atoms with Gasteiger partial charge in [0.1, 0.15) is 0 Å². The molecule has 0 aliphatic rings. The number of aromatic nitrogens is 2. The largest absolute Gasteiger partial charge is 0.459 e. The summed E-state index contributed by atoms with van der Waals surface area (Å²) >= 11 is 1.02. The molecule has 0 bridgehead atoms. The zero-order valence-corrected chi connectivity index (χ0v) is 15.6. The van der Waals surface area contributed by atoms with Gasteiger partial charge in [-0.1, -0.05) is 30.0 Å². The summed E-state index contributed by atoms with van der Waals surface area (Å²) in [4.78, 5) is 42.8. The van der Waals surface area contributed by atoms with Crippen LogP contribution in [0, 0.1) is 6.92 Å². The summed E-state index contributed by atoms with van der Waals surface area (Å²) in [6, 6.07) is 10.4. The molecule has 0 aliphatic carbocycles. The first kappa shape index (κ1) is 19.2. The van der Waals surface area contributed by atoms with Crippen LogP contribution in [0.4, 0.5) is 17.2 Å². The van der Waals surface area contributed by atoms with Crippen molar-refractivity contribution in [2.45, 2.75) is 12.1 Å². The molecule has 0 unspecified atom stereocenters. The standard InChI is InChI=1S/C18H17N5O4S/c1-10-5-2-3-6-11(10)20-13(24)9-28-18-22-15(19)14(17(26)23-18)21-16(25)12-7-4-8-27-12/h2-8H,9H2,1H3,(H,20,24)(H,21,25)(H3,19,22,23,26). The lowest BCUT2D eigenvalue weighted by Gasteiger charge is -2.09. The fourth-order valence-electron chi connectivity index (χ4n) is 2.27. The van der Waals surface area contributed by atoms with E-state index in [0.29, 0.717) is 5.69 Å². The molecule has 3 aromatic rings. The molecule has 2 heterocycles. The molecule has 2 aromatic heterocycles. The predicted molar refractivity (Wildman–Crippen MR) is 106 cm³/mol. The molecule has 2 amide bonds. The van der Waals surface area contributed by atoms with Crippen LogP contribution in [0.5, 0.6) is 0 Å². The maximum atomic E-state index is 12.2. The Morgan fingerprint density at radius 3 is 2.68 bits per heavy atom. The van der Waals surface area contributed by atoms with Gasteiger partial charge in [0.05, 0.1) is 12.0 Å². The van der Waals surface area contributed by atoms with E-state index in [1.54, 1.807) is 12.1 Å². The highest BCUT2D eigenvalue weighted by Crippen LogP contribution is 2.19. The average molecular weight is 399 g/mol. The van der Waals surface area contributed by atoms with Gasteiger partial charge < -0.3 is 20.8 Å². The van der Waals surface area contributed by atoms with Gasteiger partial charge in [-0.3, -0.25) is 19.4 Å². The number of furan rings is 1. The first-order valence-electron chi connectivity index (χ1n) is 8.17. The van der Waals surface area contributed by atoms with E-state index >= 15 is 0 Å². The van der Waals surface area contributed by atoms with Crippen molar-refractivity contribution >= 4 is 40.8 Å². The highest BCUT2D eigenvalue weighted by atomic mass is 32.2. The molecule has 0 saturated heterocycles. The van der Waals surface area contributed by atoms with Gasteiger partial charge in [0.15, 0.2) is 22.4 Å². The van der Waals surface area contributed by atoms with Gasteiger partial charge >= 0.3 is 0 Å². The first-order valence-corrected chi connectivity index (χ1v) is 9.15. The molecule has 0 aliphatic heterocycles. The number of nitrogens with zero attached hydrogens (tertiary/aromatic N) is 1. The third kappa shape index (κ3) is 4.60. The fourth-order valence-corrected chi connectivity index (χ4v) is 2.94. The lowest BCUT2D eigenvalue weighted by Crippen LogP contribution is -2.23. The van der Waals surface area contributed by atoms with E-state index in [1.165, 1.54) is 12.3 Å². The first-order chi connectivity index (χ1) is 13.4. The number of benzene rings is 1. The van der Waals surface area contributed by atoms with E-state index in [4.69, 9.17) is 10.2 Å². The van der Waals surface area contributed by atoms with Crippen LogP contribution >= 0.6 is 11.8 Å². The van der Waals surface area contributed by atoms with Crippen molar-refractivity contribution in [1.29, 1.82) is 0 Å². The summed E-state index contributed by atoms with van der Waals surface area (Å²) in [5, 5.41) is 5.31. The molecule has 144 valence electrons. The number of nitrogen functional groups attached to an aromatic ring is 1. The van der Waals surface area contributed by atoms with E-state index < -0.39 is 11.5 Å². The Bertz CT molecular complexity index is 1060. The van der Waals surface area contributed by atoms with Gasteiger partial charge in [0.2, 0.25) is 5.91 Å². The summed E-state index contributed by atoms with van der Waals surface area (Å²) in [6.45, 7) is 1.89. The zero-order chi connectivity index (χ0) is 20.1. The van der Waals surface area contributed by atoms with E-state index in [2.05, 4.69) is 20.6 Å². The summed E-state index contributed by atoms with van der Waals surface area (Å²) < 4.78 is 4.96. The van der Waals surface area contributed by atoms with Crippen LogP contribution in [0.3, 0.4) is 0 Å². The van der Waals surface area contributed by atoms with Gasteiger partial charge in [-0.05, 0) is 30.7 Å². The van der Waals surface area contributed by atoms with Crippen LogP contribution in [-0.4, -0.2) is 27.5 Å². The third-order valence-corrected chi connectivity index (χ3v) is 4.54. The number of nitrogens with one attached hydrogen (secondary N) is 3. The van der Waals surface area contributed by atoms with Gasteiger partial charge in [-0.15, -0.1) is 0 Å². The maximum absolute atomic E-state index is 12.2. The number of thioether (sulfide) groups is 1. The number of amides is 2. The molecule has 0 radical (unpaired) electrons. The quantitative estimate of drug-likeness (QED) is 0.368. The van der Waals surface area contributed by atoms with E-state index in [-0.39, 0.29) is 34.1 Å². The van der Waals surface area contributed by atoms with Crippen molar-refractivity contribution < 1.29 is 14.0 Å². The Kier molecular flexibility index (Phi) is 5.80. The van der Waals surface area contributed by atoms with Crippen LogP contribution in [0.1, 0.15) is 16.1 Å². The zero-order valence-electron chi connectivity index (χ0n) is 14.8. The van der Waals surface area contributed by atoms with Crippen molar-refractivity contribution in [2.24, 2.45) is 0 Å². The Balaban J connectivity index is 1.64. The number of hydrogen-bond acceptors (Lipinski definition) is 7. The molecular formula is C18H17N5O4S. The third-order valence-electron chi connectivity index (χ3n) is 3.67. The second kappa shape index (κ2) is 8.44. The molecule has 10 heteroatoms. The van der Waals surface area contributed by atoms with Crippen molar-refractivity contribution in [3.05, 3.63) is 64.3 Å². The van der Waals surface area contributed by atoms with Crippen LogP contribution in [-0.2, 0) is 4.79 Å². The number of H-pyrrole nitrogens is 1. The van der Waals surface area contributed by atoms with Crippen molar-refractivity contribution in [2.75, 3.05) is 22.1 Å². The number of carbonyl (C=O) groups excluding carboxylic acids is 2. The summed E-state index contributed by atoms with van der Waals surface area (Å²) in [5.41, 5.74) is 6.62. The molecule has 0 saturated carbocycles. The van der Waals surface area contributed by atoms with Crippen LogP contribution in [0.15, 0.2) is 57.0 Å². The number of nitrogens with two attached hydrogens (primary N) is 1. The summed E-state index contributed by atoms with van der Waals surface area (Å²) in [7, 11) is 0. The van der Waals surface area contributed by atoms with Crippen LogP contribution in [0.25, 0.3) is 0 Å². The molecule has 28 heavy (non-hydrogen) atoms. The van der Waals surface area contributed by atoms with Crippen molar-refractivity contribution in [1.82, 2.24) is 9.97 Å². The minimum Gasteiger partial charge on any atom is -0.459 e. The number of carbonyl (C=O) groups is 2. The smallest absolute Gasteiger partial charge is 0.291 e. The number of rotatable bonds is 6. The topological polar surface area (TPSA) is 143 Å². The molecule has 0 spiro atoms. The molecular weight excluding hydrogens is 382 g/mol. The van der Waals surface area contributed by atoms with Gasteiger partial charge in [-0.25, -0.2) is 4.98 Å². The molecule has 5 N–H and O–H groups in total. The Morgan fingerprint density at radius 2 is 2.00 bits per heavy atom. The minimum absolute atomic E-state index is 0.0226. The molecule has 0 atom stereocenters. The number of aryl methyl sites for hydroxylation is 1. The Labute approximate surface area is 163 Å². The lowest BCUT2D eigenvalue weighted by molar-refractivity contribution is -0.113. The summed E-state index contributed by atoms with van der Waals surface area (Å²) in [6.07, 6.45) is 1.34. The average Bonchev–Trinajstić information content (AvgIpc) is 3.20. The van der Waals surface area contributed by atoms with Crippen LogP contribution in [0.2, 0.25) is 0 Å². The van der Waals surface area contributed by atoms with Crippen molar-refractivity contribution in [3.63, 3.8) is 0 Å². The Hall–Kier alpha value is -3.53. The minimum atomic E-state index is -0.630. The Morgan fingerprint density at radius 1 is 1.21 bits per heavy atom. The van der Waals surface area contributed by atoms with Gasteiger partial charge in [0, 0.05) is 5.69 Å².